The minimum absolute atomic E-state index is 0.242. The smallest absolute Gasteiger partial charge is 0.245 e. The largest absolute Gasteiger partial charge is 0.399 e. The van der Waals surface area contributed by atoms with Gasteiger partial charge in [-0.1, -0.05) is 0 Å². The van der Waals surface area contributed by atoms with Crippen LogP contribution in [0.2, 0.25) is 0 Å². The molecule has 1 saturated heterocycles. The van der Waals surface area contributed by atoms with Crippen molar-refractivity contribution in [1.82, 2.24) is 9.21 Å². The van der Waals surface area contributed by atoms with Gasteiger partial charge in [0.15, 0.2) is 0 Å². The highest BCUT2D eigenvalue weighted by Crippen LogP contribution is 2.35. The minimum atomic E-state index is -3.53. The molecule has 2 N–H and O–H groups in total. The maximum Gasteiger partial charge on any atom is 0.245 e. The third-order valence-corrected chi connectivity index (χ3v) is 7.22. The van der Waals surface area contributed by atoms with Gasteiger partial charge in [0.05, 0.1) is 0 Å². The summed E-state index contributed by atoms with van der Waals surface area (Å²) in [5, 5.41) is 0. The van der Waals surface area contributed by atoms with Crippen molar-refractivity contribution in [2.45, 2.75) is 17.4 Å². The first-order valence-corrected chi connectivity index (χ1v) is 9.17. The van der Waals surface area contributed by atoms with E-state index in [2.05, 4.69) is 36.8 Å². The lowest BCUT2D eigenvalue weighted by Crippen LogP contribution is -2.34. The topological polar surface area (TPSA) is 66.6 Å². The molecule has 1 unspecified atom stereocenters. The Labute approximate surface area is 136 Å². The molecule has 5 nitrogen and oxygen atoms in total. The molecule has 1 aliphatic heterocycles. The molecule has 20 heavy (non-hydrogen) atoms. The molecular formula is C12H17Br2N3O2S. The molecule has 0 bridgehead atoms. The zero-order valence-electron chi connectivity index (χ0n) is 11.3. The van der Waals surface area contributed by atoms with Crippen molar-refractivity contribution in [3.63, 3.8) is 0 Å². The molecule has 1 aromatic rings. The fraction of sp³-hybridized carbons (Fsp3) is 0.500. The molecule has 1 aliphatic rings. The summed E-state index contributed by atoms with van der Waals surface area (Å²) in [6.07, 6.45) is 0.844. The normalized spacial score (nSPS) is 20.8. The van der Waals surface area contributed by atoms with E-state index < -0.39 is 10.0 Å². The Balaban J connectivity index is 2.38. The van der Waals surface area contributed by atoms with E-state index in [1.54, 1.807) is 12.1 Å². The molecule has 0 saturated carbocycles. The molecule has 0 amide bonds. The van der Waals surface area contributed by atoms with E-state index >= 15 is 0 Å². The summed E-state index contributed by atoms with van der Waals surface area (Å²) in [4.78, 5) is 2.30. The number of nitrogens with zero attached hydrogens (tertiary/aromatic N) is 2. The van der Waals surface area contributed by atoms with E-state index in [1.165, 1.54) is 4.31 Å². The summed E-state index contributed by atoms with van der Waals surface area (Å²) in [5.74, 6) is 0. The van der Waals surface area contributed by atoms with Gasteiger partial charge in [-0.3, -0.25) is 0 Å². The highest BCUT2D eigenvalue weighted by molar-refractivity contribution is 9.11. The molecule has 0 aromatic heterocycles. The van der Waals surface area contributed by atoms with Crippen molar-refractivity contribution in [3.05, 3.63) is 21.1 Å². The van der Waals surface area contributed by atoms with Crippen LogP contribution in [-0.2, 0) is 10.0 Å². The average molecular weight is 427 g/mol. The third-order valence-electron chi connectivity index (χ3n) is 3.47. The quantitative estimate of drug-likeness (QED) is 0.751. The van der Waals surface area contributed by atoms with Gasteiger partial charge in [0.1, 0.15) is 4.90 Å². The highest BCUT2D eigenvalue weighted by Gasteiger charge is 2.35. The summed E-state index contributed by atoms with van der Waals surface area (Å²) in [6, 6.07) is 3.48. The number of anilines is 1. The number of hydrogen-bond acceptors (Lipinski definition) is 4. The van der Waals surface area contributed by atoms with Crippen molar-refractivity contribution >= 4 is 47.6 Å². The molecule has 1 heterocycles. The minimum Gasteiger partial charge on any atom is -0.399 e. The monoisotopic (exact) mass is 425 g/mol. The summed E-state index contributed by atoms with van der Waals surface area (Å²) in [7, 11) is 0.410. The lowest BCUT2D eigenvalue weighted by molar-refractivity contribution is 0.302. The lowest BCUT2D eigenvalue weighted by Gasteiger charge is -2.21. The average Bonchev–Trinajstić information content (AvgIpc) is 2.76. The zero-order chi connectivity index (χ0) is 15.1. The van der Waals surface area contributed by atoms with Gasteiger partial charge in [0.2, 0.25) is 10.0 Å². The van der Waals surface area contributed by atoms with Gasteiger partial charge < -0.3 is 10.6 Å². The molecule has 0 radical (unpaired) electrons. The van der Waals surface area contributed by atoms with Crippen LogP contribution < -0.4 is 5.73 Å². The Morgan fingerprint density at radius 3 is 2.30 bits per heavy atom. The van der Waals surface area contributed by atoms with Gasteiger partial charge >= 0.3 is 0 Å². The number of sulfonamides is 1. The fourth-order valence-electron chi connectivity index (χ4n) is 2.31. The van der Waals surface area contributed by atoms with Gasteiger partial charge in [0.25, 0.3) is 0 Å². The number of nitrogen functional groups attached to an aromatic ring is 1. The maximum atomic E-state index is 12.8. The number of hydrogen-bond donors (Lipinski definition) is 1. The van der Waals surface area contributed by atoms with Crippen molar-refractivity contribution in [2.24, 2.45) is 0 Å². The Morgan fingerprint density at radius 2 is 1.85 bits per heavy atom. The predicted octanol–water partition coefficient (Wildman–Crippen LogP) is 2.12. The van der Waals surface area contributed by atoms with Gasteiger partial charge in [0, 0.05) is 33.8 Å². The van der Waals surface area contributed by atoms with Crippen LogP contribution >= 0.6 is 31.9 Å². The Morgan fingerprint density at radius 1 is 1.30 bits per heavy atom. The van der Waals surface area contributed by atoms with E-state index in [0.717, 1.165) is 6.42 Å². The first-order chi connectivity index (χ1) is 9.23. The second-order valence-electron chi connectivity index (χ2n) is 5.08. The van der Waals surface area contributed by atoms with Crippen LogP contribution in [0, 0.1) is 0 Å². The highest BCUT2D eigenvalue weighted by atomic mass is 79.9. The summed E-state index contributed by atoms with van der Waals surface area (Å²) >= 11 is 6.60. The molecule has 1 aromatic carbocycles. The molecule has 1 fully saturated rings. The van der Waals surface area contributed by atoms with Crippen LogP contribution in [0.4, 0.5) is 5.69 Å². The summed E-state index contributed by atoms with van der Waals surface area (Å²) in [5.41, 5.74) is 6.22. The van der Waals surface area contributed by atoms with Gasteiger partial charge in [-0.2, -0.15) is 4.31 Å². The van der Waals surface area contributed by atoms with Gasteiger partial charge in [-0.25, -0.2) is 8.42 Å². The van der Waals surface area contributed by atoms with E-state index in [0.29, 0.717) is 27.7 Å². The number of nitrogens with two attached hydrogens (primary N) is 1. The van der Waals surface area contributed by atoms with Crippen LogP contribution in [0.3, 0.4) is 0 Å². The maximum absolute atomic E-state index is 12.8. The van der Waals surface area contributed by atoms with Crippen molar-refractivity contribution in [2.75, 3.05) is 32.9 Å². The van der Waals surface area contributed by atoms with Crippen molar-refractivity contribution < 1.29 is 8.42 Å². The second kappa shape index (κ2) is 5.92. The van der Waals surface area contributed by atoms with E-state index in [1.807, 2.05) is 14.1 Å². The molecular weight excluding hydrogens is 410 g/mol. The number of likely N-dealkylation sites (N-methyl/N-ethyl adjacent to an activating group) is 1. The summed E-state index contributed by atoms with van der Waals surface area (Å²) < 4.78 is 28.0. The van der Waals surface area contributed by atoms with Crippen molar-refractivity contribution in [3.8, 4) is 0 Å². The van der Waals surface area contributed by atoms with E-state index in [4.69, 9.17) is 5.73 Å². The summed E-state index contributed by atoms with van der Waals surface area (Å²) in [6.45, 7) is 1.05. The van der Waals surface area contributed by atoms with Crippen LogP contribution in [-0.4, -0.2) is 50.8 Å². The number of benzene rings is 1. The van der Waals surface area contributed by atoms with E-state index in [9.17, 15) is 8.42 Å². The van der Waals surface area contributed by atoms with Crippen LogP contribution in [0.5, 0.6) is 0 Å². The van der Waals surface area contributed by atoms with E-state index in [-0.39, 0.29) is 10.9 Å². The standard InChI is InChI=1S/C12H17Br2N3O2S/c1-16(2)9-3-4-17(7-9)20(18,19)12-10(13)5-8(15)6-11(12)14/h5-6,9H,3-4,7,15H2,1-2H3. The second-order valence-corrected chi connectivity index (χ2v) is 8.67. The van der Waals surface area contributed by atoms with Gasteiger partial charge in [-0.05, 0) is 64.5 Å². The molecule has 2 rings (SSSR count). The lowest BCUT2D eigenvalue weighted by atomic mass is 10.2. The molecule has 112 valence electrons. The number of rotatable bonds is 3. The molecule has 8 heteroatoms. The Bertz CT molecular complexity index is 596. The molecule has 0 spiro atoms. The van der Waals surface area contributed by atoms with Crippen LogP contribution in [0.1, 0.15) is 6.42 Å². The third kappa shape index (κ3) is 3.04. The van der Waals surface area contributed by atoms with Crippen LogP contribution in [0.25, 0.3) is 0 Å². The van der Waals surface area contributed by atoms with Crippen molar-refractivity contribution in [1.29, 1.82) is 0 Å². The first kappa shape index (κ1) is 16.2. The fourth-order valence-corrected chi connectivity index (χ4v) is 6.34. The van der Waals surface area contributed by atoms with Gasteiger partial charge in [-0.15, -0.1) is 0 Å². The molecule has 0 aliphatic carbocycles. The zero-order valence-corrected chi connectivity index (χ0v) is 15.3. The molecule has 1 atom stereocenters. The van der Waals surface area contributed by atoms with Crippen LogP contribution in [0.15, 0.2) is 26.0 Å². The SMILES string of the molecule is CN(C)C1CCN(S(=O)(=O)c2c(Br)cc(N)cc2Br)C1. The number of halogens is 2. The Kier molecular flexibility index (Phi) is 4.80. The first-order valence-electron chi connectivity index (χ1n) is 6.14. The Hall–Kier alpha value is -0.150. The predicted molar refractivity (Wildman–Crippen MR) is 87.1 cm³/mol.